The van der Waals surface area contributed by atoms with Gasteiger partial charge >= 0.3 is 0 Å². The summed E-state index contributed by atoms with van der Waals surface area (Å²) in [7, 11) is 3.25. The van der Waals surface area contributed by atoms with Gasteiger partial charge in [-0.1, -0.05) is 6.07 Å². The second-order valence-corrected chi connectivity index (χ2v) is 5.35. The lowest BCUT2D eigenvalue weighted by Gasteiger charge is -2.12. The maximum absolute atomic E-state index is 5.61. The van der Waals surface area contributed by atoms with Gasteiger partial charge in [0.15, 0.2) is 17.5 Å². The van der Waals surface area contributed by atoms with Crippen molar-refractivity contribution in [2.24, 2.45) is 4.99 Å². The highest BCUT2D eigenvalue weighted by Crippen LogP contribution is 2.27. The lowest BCUT2D eigenvalue weighted by molar-refractivity contribution is 0.320. The minimum absolute atomic E-state index is 0. The van der Waals surface area contributed by atoms with Crippen LogP contribution in [0.15, 0.2) is 47.7 Å². The van der Waals surface area contributed by atoms with Gasteiger partial charge in [0.1, 0.15) is 12.4 Å². The minimum Gasteiger partial charge on any atom is -0.493 e. The maximum atomic E-state index is 5.61. The molecule has 1 aromatic carbocycles. The van der Waals surface area contributed by atoms with Gasteiger partial charge in [0.05, 0.1) is 33.5 Å². The van der Waals surface area contributed by atoms with Gasteiger partial charge in [-0.25, -0.2) is 4.99 Å². The largest absolute Gasteiger partial charge is 0.493 e. The van der Waals surface area contributed by atoms with Crippen molar-refractivity contribution in [1.82, 2.24) is 15.6 Å². The van der Waals surface area contributed by atoms with E-state index in [1.54, 1.807) is 26.6 Å². The minimum atomic E-state index is 0. The molecule has 0 fully saturated rings. The number of halogens is 1. The monoisotopic (exact) mass is 486 g/mol. The highest BCUT2D eigenvalue weighted by molar-refractivity contribution is 14.0. The number of guanidine groups is 1. The van der Waals surface area contributed by atoms with Crippen LogP contribution in [0.2, 0.25) is 0 Å². The lowest BCUT2D eigenvalue weighted by atomic mass is 10.2. The zero-order valence-corrected chi connectivity index (χ0v) is 18.2. The number of benzene rings is 1. The van der Waals surface area contributed by atoms with E-state index in [0.29, 0.717) is 31.2 Å². The molecule has 0 bridgehead atoms. The van der Waals surface area contributed by atoms with Crippen LogP contribution >= 0.6 is 24.0 Å². The topological polar surface area (TPSA) is 77.0 Å². The molecule has 1 heterocycles. The lowest BCUT2D eigenvalue weighted by Crippen LogP contribution is -2.39. The molecular weight excluding hydrogens is 459 g/mol. The Hall–Kier alpha value is -2.23. The fourth-order valence-corrected chi connectivity index (χ4v) is 2.26. The van der Waals surface area contributed by atoms with Crippen LogP contribution in [0.25, 0.3) is 0 Å². The number of hydrogen-bond donors (Lipinski definition) is 2. The molecule has 0 atom stereocenters. The number of ether oxygens (including phenoxy) is 3. The van der Waals surface area contributed by atoms with Crippen LogP contribution in [0.1, 0.15) is 12.5 Å². The van der Waals surface area contributed by atoms with Crippen LogP contribution in [0.3, 0.4) is 0 Å². The van der Waals surface area contributed by atoms with Gasteiger partial charge in [-0.2, -0.15) is 0 Å². The molecule has 0 amide bonds. The average molecular weight is 486 g/mol. The van der Waals surface area contributed by atoms with E-state index in [2.05, 4.69) is 20.6 Å². The third-order valence-corrected chi connectivity index (χ3v) is 3.51. The molecule has 0 spiro atoms. The summed E-state index contributed by atoms with van der Waals surface area (Å²) in [6, 6.07) is 9.50. The summed E-state index contributed by atoms with van der Waals surface area (Å²) in [6.45, 7) is 4.49. The first kappa shape index (κ1) is 22.8. The van der Waals surface area contributed by atoms with E-state index >= 15 is 0 Å². The number of nitrogens with one attached hydrogen (secondary N) is 2. The van der Waals surface area contributed by atoms with E-state index in [0.717, 1.165) is 23.8 Å². The molecule has 7 nitrogen and oxygen atoms in total. The van der Waals surface area contributed by atoms with Gasteiger partial charge in [0.25, 0.3) is 0 Å². The highest BCUT2D eigenvalue weighted by atomic mass is 127. The number of nitrogens with zero attached hydrogens (tertiary/aromatic N) is 2. The smallest absolute Gasteiger partial charge is 0.191 e. The first-order valence-corrected chi connectivity index (χ1v) is 8.52. The van der Waals surface area contributed by atoms with Gasteiger partial charge in [-0.3, -0.25) is 4.98 Å². The predicted octanol–water partition coefficient (Wildman–Crippen LogP) is 2.85. The van der Waals surface area contributed by atoms with Crippen molar-refractivity contribution in [3.63, 3.8) is 0 Å². The summed E-state index contributed by atoms with van der Waals surface area (Å²) in [4.78, 5) is 8.61. The van der Waals surface area contributed by atoms with Gasteiger partial charge in [-0.15, -0.1) is 24.0 Å². The SMILES string of the molecule is CCNC(=NCc1ccc(OC)c(OC)c1)NCCOc1cccnc1.I. The van der Waals surface area contributed by atoms with E-state index in [1.807, 2.05) is 37.3 Å². The Balaban J connectivity index is 0.00000364. The Kier molecular flexibility index (Phi) is 11.0. The first-order valence-electron chi connectivity index (χ1n) is 8.52. The molecule has 0 saturated heterocycles. The van der Waals surface area contributed by atoms with E-state index in [9.17, 15) is 0 Å². The maximum Gasteiger partial charge on any atom is 0.191 e. The summed E-state index contributed by atoms with van der Waals surface area (Å²) in [5.41, 5.74) is 1.03. The fraction of sp³-hybridized carbons (Fsp3) is 0.368. The molecule has 8 heteroatoms. The molecule has 0 unspecified atom stereocenters. The van der Waals surface area contributed by atoms with Crippen molar-refractivity contribution in [2.75, 3.05) is 33.9 Å². The van der Waals surface area contributed by atoms with Crippen LogP contribution in [-0.4, -0.2) is 44.9 Å². The number of aliphatic imine (C=N–C) groups is 1. The van der Waals surface area contributed by atoms with Crippen LogP contribution < -0.4 is 24.8 Å². The van der Waals surface area contributed by atoms with Crippen molar-refractivity contribution in [3.8, 4) is 17.2 Å². The van der Waals surface area contributed by atoms with Gasteiger partial charge in [0, 0.05) is 12.7 Å². The Morgan fingerprint density at radius 1 is 1.11 bits per heavy atom. The van der Waals surface area contributed by atoms with Crippen LogP contribution in [0, 0.1) is 0 Å². The third kappa shape index (κ3) is 7.90. The van der Waals surface area contributed by atoms with Gasteiger partial charge < -0.3 is 24.8 Å². The molecule has 0 aliphatic carbocycles. The molecule has 2 aromatic rings. The number of rotatable bonds is 9. The number of hydrogen-bond acceptors (Lipinski definition) is 5. The number of pyridine rings is 1. The molecule has 148 valence electrons. The Morgan fingerprint density at radius 2 is 1.93 bits per heavy atom. The molecule has 2 rings (SSSR count). The summed E-state index contributed by atoms with van der Waals surface area (Å²) in [5.74, 6) is 2.89. The van der Waals surface area contributed by atoms with E-state index in [1.165, 1.54) is 0 Å². The van der Waals surface area contributed by atoms with Gasteiger partial charge in [-0.05, 0) is 36.8 Å². The quantitative estimate of drug-likeness (QED) is 0.246. The van der Waals surface area contributed by atoms with Crippen LogP contribution in [0.4, 0.5) is 0 Å². The van der Waals surface area contributed by atoms with E-state index < -0.39 is 0 Å². The molecule has 2 N–H and O–H groups in total. The summed E-state index contributed by atoms with van der Waals surface area (Å²) in [5, 5.41) is 6.47. The van der Waals surface area contributed by atoms with Crippen molar-refractivity contribution < 1.29 is 14.2 Å². The Labute approximate surface area is 177 Å². The molecule has 0 radical (unpaired) electrons. The molecule has 27 heavy (non-hydrogen) atoms. The second-order valence-electron chi connectivity index (χ2n) is 5.35. The number of aromatic nitrogens is 1. The van der Waals surface area contributed by atoms with Crippen molar-refractivity contribution in [3.05, 3.63) is 48.3 Å². The Morgan fingerprint density at radius 3 is 2.59 bits per heavy atom. The third-order valence-electron chi connectivity index (χ3n) is 3.51. The zero-order chi connectivity index (χ0) is 18.6. The fourth-order valence-electron chi connectivity index (χ4n) is 2.26. The summed E-state index contributed by atoms with van der Waals surface area (Å²) in [6.07, 6.45) is 3.41. The van der Waals surface area contributed by atoms with Gasteiger partial charge in [0.2, 0.25) is 0 Å². The molecular formula is C19H27IN4O3. The Bertz CT molecular complexity index is 699. The van der Waals surface area contributed by atoms with Crippen LogP contribution in [-0.2, 0) is 6.54 Å². The average Bonchev–Trinajstić information content (AvgIpc) is 2.69. The van der Waals surface area contributed by atoms with Crippen molar-refractivity contribution in [1.29, 1.82) is 0 Å². The number of methoxy groups -OCH3 is 2. The van der Waals surface area contributed by atoms with E-state index in [-0.39, 0.29) is 24.0 Å². The van der Waals surface area contributed by atoms with Crippen molar-refractivity contribution in [2.45, 2.75) is 13.5 Å². The molecule has 0 aliphatic rings. The van der Waals surface area contributed by atoms with Crippen LogP contribution in [0.5, 0.6) is 17.2 Å². The van der Waals surface area contributed by atoms with Crippen molar-refractivity contribution >= 4 is 29.9 Å². The summed E-state index contributed by atoms with van der Waals surface area (Å²) < 4.78 is 16.2. The molecule has 1 aromatic heterocycles. The standard InChI is InChI=1S/C19H26N4O3.HI/c1-4-21-19(22-10-11-26-16-6-5-9-20-14-16)23-13-15-7-8-17(24-2)18(12-15)25-3;/h5-9,12,14H,4,10-11,13H2,1-3H3,(H2,21,22,23);1H. The predicted molar refractivity (Wildman–Crippen MR) is 118 cm³/mol. The first-order chi connectivity index (χ1) is 12.8. The second kappa shape index (κ2) is 13.0. The van der Waals surface area contributed by atoms with E-state index in [4.69, 9.17) is 14.2 Å². The highest BCUT2D eigenvalue weighted by Gasteiger charge is 2.05. The summed E-state index contributed by atoms with van der Waals surface area (Å²) >= 11 is 0. The molecule has 0 saturated carbocycles. The zero-order valence-electron chi connectivity index (χ0n) is 15.9. The molecule has 0 aliphatic heterocycles. The normalized spacial score (nSPS) is 10.6.